The summed E-state index contributed by atoms with van der Waals surface area (Å²) < 4.78 is 12.5. The molecule has 0 fully saturated rings. The number of nitrogens with two attached hydrogens (primary N) is 1. The zero-order valence-electron chi connectivity index (χ0n) is 16.5. The summed E-state index contributed by atoms with van der Waals surface area (Å²) in [4.78, 5) is 21.1. The number of carbonyl (C=O) groups excluding carboxylic acids is 1. The number of pyridine rings is 1. The highest BCUT2D eigenvalue weighted by Gasteiger charge is 2.20. The van der Waals surface area contributed by atoms with E-state index in [1.54, 1.807) is 20.1 Å². The maximum Gasteiger partial charge on any atom is 0.323 e. The van der Waals surface area contributed by atoms with Gasteiger partial charge in [-0.2, -0.15) is 5.10 Å². The zero-order chi connectivity index (χ0) is 21.8. The Labute approximate surface area is 182 Å². The first-order valence-electron chi connectivity index (χ1n) is 8.97. The number of anilines is 2. The number of hydrogen-bond donors (Lipinski definition) is 3. The lowest BCUT2D eigenvalue weighted by Crippen LogP contribution is -2.25. The molecule has 12 heteroatoms. The molecule has 3 aromatic rings. The summed E-state index contributed by atoms with van der Waals surface area (Å²) in [5.74, 6) is 0.199. The minimum absolute atomic E-state index is 0.199. The van der Waals surface area contributed by atoms with Crippen LogP contribution in [0.2, 0.25) is 10.2 Å². The molecule has 10 nitrogen and oxygen atoms in total. The van der Waals surface area contributed by atoms with Gasteiger partial charge in [-0.1, -0.05) is 23.2 Å². The molecular formula is C18H21Cl2N7O3. The second-order valence-corrected chi connectivity index (χ2v) is 7.37. The van der Waals surface area contributed by atoms with Gasteiger partial charge in [0.05, 0.1) is 28.7 Å². The number of aromatic nitrogens is 4. The van der Waals surface area contributed by atoms with Crippen molar-refractivity contribution in [2.45, 2.75) is 26.0 Å². The van der Waals surface area contributed by atoms with Crippen molar-refractivity contribution in [3.63, 3.8) is 0 Å². The maximum absolute atomic E-state index is 12.7. The van der Waals surface area contributed by atoms with Crippen LogP contribution in [-0.4, -0.2) is 45.4 Å². The summed E-state index contributed by atoms with van der Waals surface area (Å²) in [6.07, 6.45) is 2.51. The van der Waals surface area contributed by atoms with Crippen molar-refractivity contribution >= 4 is 46.3 Å². The van der Waals surface area contributed by atoms with Gasteiger partial charge in [0.1, 0.15) is 12.3 Å². The predicted octanol–water partition coefficient (Wildman–Crippen LogP) is 3.51. The summed E-state index contributed by atoms with van der Waals surface area (Å²) in [7, 11) is 1.55. The second-order valence-electron chi connectivity index (χ2n) is 6.55. The van der Waals surface area contributed by atoms with Crippen molar-refractivity contribution < 1.29 is 14.3 Å². The molecule has 0 aliphatic carbocycles. The number of methoxy groups -OCH3 is 1. The summed E-state index contributed by atoms with van der Waals surface area (Å²) in [5, 5.41) is 10.2. The normalized spacial score (nSPS) is 13.1. The van der Waals surface area contributed by atoms with Crippen molar-refractivity contribution in [3.05, 3.63) is 40.4 Å². The lowest BCUT2D eigenvalue weighted by atomic mass is 10.2. The number of amides is 2. The number of hydrogen-bond acceptors (Lipinski definition) is 7. The first-order chi connectivity index (χ1) is 14.3. The molecule has 30 heavy (non-hydrogen) atoms. The number of fused-ring (bicyclic) bond motifs is 1. The molecule has 0 bridgehead atoms. The molecule has 0 aliphatic rings. The van der Waals surface area contributed by atoms with Crippen molar-refractivity contribution in [1.82, 2.24) is 19.6 Å². The molecule has 0 saturated heterocycles. The minimum atomic E-state index is -0.561. The third kappa shape index (κ3) is 5.08. The molecule has 0 unspecified atom stereocenters. The van der Waals surface area contributed by atoms with Gasteiger partial charge in [0.15, 0.2) is 10.8 Å². The number of nitrogens with zero attached hydrogens (tertiary/aromatic N) is 4. The zero-order valence-corrected chi connectivity index (χ0v) is 18.0. The summed E-state index contributed by atoms with van der Waals surface area (Å²) in [6.45, 7) is 3.83. The molecule has 0 aromatic carbocycles. The minimum Gasteiger partial charge on any atom is -0.475 e. The molecule has 2 atom stereocenters. The molecular weight excluding hydrogens is 433 g/mol. The number of urea groups is 1. The highest BCUT2D eigenvalue weighted by Crippen LogP contribution is 2.28. The van der Waals surface area contributed by atoms with Gasteiger partial charge in [-0.15, -0.1) is 0 Å². The van der Waals surface area contributed by atoms with Crippen LogP contribution in [0.1, 0.15) is 25.6 Å². The predicted molar refractivity (Wildman–Crippen MR) is 114 cm³/mol. The fourth-order valence-electron chi connectivity index (χ4n) is 2.64. The SMILES string of the molecule is CO[C@@H](C)c1c(NC(=O)Nc2cc(Cl)cnc2OC[C@H](C)N)cnc2cc(Cl)nn12. The number of nitrogens with one attached hydrogen (secondary N) is 2. The van der Waals surface area contributed by atoms with Gasteiger partial charge in [0.25, 0.3) is 0 Å². The molecule has 0 radical (unpaired) electrons. The van der Waals surface area contributed by atoms with E-state index in [0.29, 0.717) is 22.1 Å². The Morgan fingerprint density at radius 2 is 1.93 bits per heavy atom. The molecule has 3 rings (SSSR count). The van der Waals surface area contributed by atoms with Crippen molar-refractivity contribution in [1.29, 1.82) is 0 Å². The lowest BCUT2D eigenvalue weighted by molar-refractivity contribution is 0.114. The average Bonchev–Trinajstić information content (AvgIpc) is 3.06. The molecule has 3 aromatic heterocycles. The van der Waals surface area contributed by atoms with E-state index in [4.69, 9.17) is 38.4 Å². The third-order valence-electron chi connectivity index (χ3n) is 4.03. The van der Waals surface area contributed by atoms with E-state index in [0.717, 1.165) is 0 Å². The summed E-state index contributed by atoms with van der Waals surface area (Å²) in [6, 6.07) is 2.37. The van der Waals surface area contributed by atoms with E-state index in [-0.39, 0.29) is 29.4 Å². The second kappa shape index (κ2) is 9.43. The largest absolute Gasteiger partial charge is 0.475 e. The molecule has 2 amide bonds. The first-order valence-corrected chi connectivity index (χ1v) is 9.73. The van der Waals surface area contributed by atoms with Crippen LogP contribution in [0.4, 0.5) is 16.2 Å². The molecule has 160 valence electrons. The van der Waals surface area contributed by atoms with Gasteiger partial charge >= 0.3 is 6.03 Å². The molecule has 0 aliphatic heterocycles. The summed E-state index contributed by atoms with van der Waals surface area (Å²) >= 11 is 12.0. The average molecular weight is 454 g/mol. The quantitative estimate of drug-likeness (QED) is 0.498. The molecule has 0 spiro atoms. The maximum atomic E-state index is 12.7. The highest BCUT2D eigenvalue weighted by molar-refractivity contribution is 6.31. The molecule has 0 saturated carbocycles. The highest BCUT2D eigenvalue weighted by atomic mass is 35.5. The Bertz CT molecular complexity index is 1060. The molecule has 3 heterocycles. The van der Waals surface area contributed by atoms with Crippen LogP contribution in [0.5, 0.6) is 5.88 Å². The van der Waals surface area contributed by atoms with Gasteiger partial charge in [0.2, 0.25) is 5.88 Å². The van der Waals surface area contributed by atoms with Gasteiger partial charge in [-0.25, -0.2) is 19.3 Å². The number of ether oxygens (including phenoxy) is 2. The van der Waals surface area contributed by atoms with E-state index in [1.807, 2.05) is 6.92 Å². The van der Waals surface area contributed by atoms with E-state index >= 15 is 0 Å². The van der Waals surface area contributed by atoms with Crippen LogP contribution >= 0.6 is 23.2 Å². The van der Waals surface area contributed by atoms with Gasteiger partial charge in [0, 0.05) is 25.4 Å². The number of carbonyl (C=O) groups is 1. The lowest BCUT2D eigenvalue weighted by Gasteiger charge is -2.18. The third-order valence-corrected chi connectivity index (χ3v) is 4.42. The standard InChI is InChI=1S/C18H21Cl2N7O3/c1-9(21)8-30-17-12(4-11(19)6-23-17)24-18(28)25-13-7-22-15-5-14(20)26-27(15)16(13)10(2)29-3/h4-7,9-10H,8,21H2,1-3H3,(H2,24,25,28)/t9-,10-/m0/s1. The van der Waals surface area contributed by atoms with Crippen LogP contribution < -0.4 is 21.1 Å². The van der Waals surface area contributed by atoms with Crippen molar-refractivity contribution in [2.24, 2.45) is 5.73 Å². The first kappa shape index (κ1) is 22.0. The van der Waals surface area contributed by atoms with Crippen LogP contribution in [-0.2, 0) is 4.74 Å². The van der Waals surface area contributed by atoms with E-state index in [2.05, 4.69) is 25.7 Å². The van der Waals surface area contributed by atoms with Crippen LogP contribution in [0.3, 0.4) is 0 Å². The Hall–Kier alpha value is -2.66. The number of halogens is 2. The van der Waals surface area contributed by atoms with Gasteiger partial charge < -0.3 is 25.8 Å². The fraction of sp³-hybridized carbons (Fsp3) is 0.333. The summed E-state index contributed by atoms with van der Waals surface area (Å²) in [5.41, 5.74) is 7.49. The Kier molecular flexibility index (Phi) is 6.93. The van der Waals surface area contributed by atoms with Crippen molar-refractivity contribution in [3.8, 4) is 5.88 Å². The molecule has 4 N–H and O–H groups in total. The topological polar surface area (TPSA) is 129 Å². The monoisotopic (exact) mass is 453 g/mol. The van der Waals surface area contributed by atoms with Crippen LogP contribution in [0, 0.1) is 0 Å². The van der Waals surface area contributed by atoms with Crippen LogP contribution in [0.15, 0.2) is 24.5 Å². The van der Waals surface area contributed by atoms with E-state index in [9.17, 15) is 4.79 Å². The van der Waals surface area contributed by atoms with Crippen LogP contribution in [0.25, 0.3) is 5.65 Å². The van der Waals surface area contributed by atoms with Gasteiger partial charge in [-0.05, 0) is 19.9 Å². The smallest absolute Gasteiger partial charge is 0.323 e. The van der Waals surface area contributed by atoms with E-state index in [1.165, 1.54) is 23.0 Å². The Morgan fingerprint density at radius 1 is 1.20 bits per heavy atom. The van der Waals surface area contributed by atoms with E-state index < -0.39 is 12.1 Å². The van der Waals surface area contributed by atoms with Crippen molar-refractivity contribution in [2.75, 3.05) is 24.4 Å². The van der Waals surface area contributed by atoms with Gasteiger partial charge in [-0.3, -0.25) is 0 Å². The fourth-order valence-corrected chi connectivity index (χ4v) is 2.97. The Balaban J connectivity index is 1.86. The number of rotatable bonds is 7. The Morgan fingerprint density at radius 3 is 2.63 bits per heavy atom.